The monoisotopic (exact) mass is 428 g/mol. The number of halogens is 1. The SMILES string of the molecule is CCN(C(=O)CCC(=O)N1CCC(c2ccccc2)=N1)c1ccc(Br)cn1. The van der Waals surface area contributed by atoms with Gasteiger partial charge in [-0.2, -0.15) is 5.10 Å². The van der Waals surface area contributed by atoms with E-state index in [1.165, 1.54) is 5.01 Å². The number of nitrogens with zero attached hydrogens (tertiary/aromatic N) is 4. The lowest BCUT2D eigenvalue weighted by atomic mass is 10.1. The summed E-state index contributed by atoms with van der Waals surface area (Å²) in [4.78, 5) is 30.8. The number of hydrogen-bond donors (Lipinski definition) is 0. The molecule has 1 aromatic carbocycles. The Hall–Kier alpha value is -2.54. The Morgan fingerprint density at radius 2 is 1.93 bits per heavy atom. The highest BCUT2D eigenvalue weighted by Gasteiger charge is 2.23. The first-order valence-electron chi connectivity index (χ1n) is 8.93. The molecule has 0 N–H and O–H groups in total. The first-order valence-corrected chi connectivity index (χ1v) is 9.73. The maximum absolute atomic E-state index is 12.5. The normalized spacial score (nSPS) is 13.4. The van der Waals surface area contributed by atoms with Gasteiger partial charge >= 0.3 is 0 Å². The molecule has 7 heteroatoms. The van der Waals surface area contributed by atoms with Gasteiger partial charge in [0.05, 0.1) is 12.3 Å². The molecule has 27 heavy (non-hydrogen) atoms. The fraction of sp³-hybridized carbons (Fsp3) is 0.300. The van der Waals surface area contributed by atoms with Gasteiger partial charge in [-0.05, 0) is 40.5 Å². The van der Waals surface area contributed by atoms with Gasteiger partial charge in [0.15, 0.2) is 0 Å². The molecule has 0 unspecified atom stereocenters. The number of benzene rings is 1. The van der Waals surface area contributed by atoms with Gasteiger partial charge < -0.3 is 0 Å². The van der Waals surface area contributed by atoms with Crippen molar-refractivity contribution in [2.45, 2.75) is 26.2 Å². The molecule has 0 bridgehead atoms. The average Bonchev–Trinajstić information content (AvgIpc) is 3.19. The molecular formula is C20H21BrN4O2. The summed E-state index contributed by atoms with van der Waals surface area (Å²) in [5, 5.41) is 5.90. The van der Waals surface area contributed by atoms with Crippen LogP contribution in [-0.2, 0) is 9.59 Å². The second kappa shape index (κ2) is 8.90. The van der Waals surface area contributed by atoms with Gasteiger partial charge in [-0.25, -0.2) is 9.99 Å². The highest BCUT2D eigenvalue weighted by Crippen LogP contribution is 2.18. The first kappa shape index (κ1) is 19.2. The predicted molar refractivity (Wildman–Crippen MR) is 109 cm³/mol. The zero-order valence-corrected chi connectivity index (χ0v) is 16.7. The van der Waals surface area contributed by atoms with Crippen LogP contribution < -0.4 is 4.90 Å². The second-order valence-corrected chi connectivity index (χ2v) is 7.07. The number of hydrogen-bond acceptors (Lipinski definition) is 4. The van der Waals surface area contributed by atoms with E-state index in [1.807, 2.05) is 43.3 Å². The highest BCUT2D eigenvalue weighted by molar-refractivity contribution is 9.10. The molecule has 1 aliphatic heterocycles. The van der Waals surface area contributed by atoms with Crippen LogP contribution in [0, 0.1) is 0 Å². The smallest absolute Gasteiger partial charge is 0.243 e. The number of aromatic nitrogens is 1. The Morgan fingerprint density at radius 1 is 1.15 bits per heavy atom. The molecule has 3 rings (SSSR count). The minimum atomic E-state index is -0.130. The Morgan fingerprint density at radius 3 is 2.59 bits per heavy atom. The summed E-state index contributed by atoms with van der Waals surface area (Å²) in [5.74, 6) is 0.338. The number of pyridine rings is 1. The van der Waals surface area contributed by atoms with Gasteiger partial charge in [-0.1, -0.05) is 30.3 Å². The van der Waals surface area contributed by atoms with Crippen molar-refractivity contribution in [1.29, 1.82) is 0 Å². The van der Waals surface area contributed by atoms with Crippen molar-refractivity contribution in [3.8, 4) is 0 Å². The van der Waals surface area contributed by atoms with E-state index in [4.69, 9.17) is 0 Å². The van der Waals surface area contributed by atoms with Crippen molar-refractivity contribution in [3.63, 3.8) is 0 Å². The van der Waals surface area contributed by atoms with Crippen LogP contribution in [-0.4, -0.2) is 40.6 Å². The molecule has 0 spiro atoms. The van der Waals surface area contributed by atoms with E-state index in [2.05, 4.69) is 26.0 Å². The van der Waals surface area contributed by atoms with Gasteiger partial charge in [0.1, 0.15) is 5.82 Å². The maximum atomic E-state index is 12.5. The van der Waals surface area contributed by atoms with Crippen LogP contribution in [0.1, 0.15) is 31.7 Å². The lowest BCUT2D eigenvalue weighted by Gasteiger charge is -2.20. The Balaban J connectivity index is 1.57. The van der Waals surface area contributed by atoms with Crippen LogP contribution in [0.15, 0.2) is 58.2 Å². The Bertz CT molecular complexity index is 837. The van der Waals surface area contributed by atoms with E-state index in [0.717, 1.165) is 22.2 Å². The molecule has 0 fully saturated rings. The molecule has 1 aliphatic rings. The standard InChI is InChI=1S/C20H21BrN4O2/c1-2-24(18-9-8-16(21)14-22-18)19(26)10-11-20(27)25-13-12-17(23-25)15-6-4-3-5-7-15/h3-9,14H,2,10-13H2,1H3. The zero-order valence-electron chi connectivity index (χ0n) is 15.1. The molecule has 2 aromatic rings. The fourth-order valence-corrected chi connectivity index (χ4v) is 3.18. The van der Waals surface area contributed by atoms with Crippen molar-refractivity contribution in [3.05, 3.63) is 58.7 Å². The molecule has 1 aromatic heterocycles. The van der Waals surface area contributed by atoms with Gasteiger partial charge in [-0.3, -0.25) is 14.5 Å². The van der Waals surface area contributed by atoms with E-state index >= 15 is 0 Å². The number of anilines is 1. The van der Waals surface area contributed by atoms with Crippen LogP contribution in [0.3, 0.4) is 0 Å². The minimum Gasteiger partial charge on any atom is -0.297 e. The third-order valence-corrected chi connectivity index (χ3v) is 4.82. The molecule has 0 radical (unpaired) electrons. The second-order valence-electron chi connectivity index (χ2n) is 6.15. The van der Waals surface area contributed by atoms with Crippen LogP contribution in [0.25, 0.3) is 0 Å². The van der Waals surface area contributed by atoms with Crippen molar-refractivity contribution in [2.24, 2.45) is 5.10 Å². The fourth-order valence-electron chi connectivity index (χ4n) is 2.94. The highest BCUT2D eigenvalue weighted by atomic mass is 79.9. The lowest BCUT2D eigenvalue weighted by Crippen LogP contribution is -2.32. The summed E-state index contributed by atoms with van der Waals surface area (Å²) in [6.45, 7) is 2.95. The minimum absolute atomic E-state index is 0.118. The zero-order chi connectivity index (χ0) is 19.2. The summed E-state index contributed by atoms with van der Waals surface area (Å²) in [5.41, 5.74) is 1.94. The van der Waals surface area contributed by atoms with Crippen molar-refractivity contribution in [1.82, 2.24) is 9.99 Å². The van der Waals surface area contributed by atoms with Gasteiger partial charge in [0, 0.05) is 36.5 Å². The van der Waals surface area contributed by atoms with E-state index in [0.29, 0.717) is 18.9 Å². The molecule has 0 saturated carbocycles. The number of amides is 2. The van der Waals surface area contributed by atoms with Gasteiger partial charge in [-0.15, -0.1) is 0 Å². The van der Waals surface area contributed by atoms with Crippen LogP contribution in [0.5, 0.6) is 0 Å². The summed E-state index contributed by atoms with van der Waals surface area (Å²) in [6.07, 6.45) is 2.66. The number of rotatable bonds is 6. The molecule has 2 amide bonds. The van der Waals surface area contributed by atoms with E-state index in [-0.39, 0.29) is 24.7 Å². The van der Waals surface area contributed by atoms with E-state index in [1.54, 1.807) is 17.2 Å². The Labute approximate surface area is 167 Å². The molecule has 6 nitrogen and oxygen atoms in total. The number of hydrazone groups is 1. The van der Waals surface area contributed by atoms with Crippen LogP contribution >= 0.6 is 15.9 Å². The average molecular weight is 429 g/mol. The molecule has 140 valence electrons. The molecule has 2 heterocycles. The number of carbonyl (C=O) groups excluding carboxylic acids is 2. The van der Waals surface area contributed by atoms with Crippen molar-refractivity contribution < 1.29 is 9.59 Å². The van der Waals surface area contributed by atoms with Crippen molar-refractivity contribution >= 4 is 39.3 Å². The number of carbonyl (C=O) groups is 2. The van der Waals surface area contributed by atoms with Crippen molar-refractivity contribution in [2.75, 3.05) is 18.0 Å². The predicted octanol–water partition coefficient (Wildman–Crippen LogP) is 3.61. The largest absolute Gasteiger partial charge is 0.297 e. The van der Waals surface area contributed by atoms with Gasteiger partial charge in [0.2, 0.25) is 11.8 Å². The van der Waals surface area contributed by atoms with E-state index in [9.17, 15) is 9.59 Å². The first-order chi connectivity index (χ1) is 13.1. The maximum Gasteiger partial charge on any atom is 0.243 e. The van der Waals surface area contributed by atoms with Gasteiger partial charge in [0.25, 0.3) is 0 Å². The molecule has 0 aliphatic carbocycles. The lowest BCUT2D eigenvalue weighted by molar-refractivity contribution is -0.132. The third-order valence-electron chi connectivity index (χ3n) is 4.36. The van der Waals surface area contributed by atoms with Crippen LogP contribution in [0.2, 0.25) is 0 Å². The Kier molecular flexibility index (Phi) is 6.34. The summed E-state index contributed by atoms with van der Waals surface area (Å²) >= 11 is 3.33. The van der Waals surface area contributed by atoms with Crippen LogP contribution in [0.4, 0.5) is 5.82 Å². The molecular weight excluding hydrogens is 408 g/mol. The molecule has 0 atom stereocenters. The summed E-state index contributed by atoms with van der Waals surface area (Å²) in [6, 6.07) is 13.5. The summed E-state index contributed by atoms with van der Waals surface area (Å²) in [7, 11) is 0. The molecule has 0 saturated heterocycles. The third kappa shape index (κ3) is 4.80. The summed E-state index contributed by atoms with van der Waals surface area (Å²) < 4.78 is 0.853. The quantitative estimate of drug-likeness (QED) is 0.705. The van der Waals surface area contributed by atoms with E-state index < -0.39 is 0 Å². The topological polar surface area (TPSA) is 65.9 Å².